The van der Waals surface area contributed by atoms with Gasteiger partial charge in [0.05, 0.1) is 16.9 Å². The molecule has 0 aliphatic carbocycles. The second kappa shape index (κ2) is 5.52. The van der Waals surface area contributed by atoms with E-state index in [2.05, 4.69) is 5.32 Å². The molecule has 0 fully saturated rings. The van der Waals surface area contributed by atoms with Crippen LogP contribution in [0.5, 0.6) is 0 Å². The van der Waals surface area contributed by atoms with Crippen molar-refractivity contribution in [1.82, 2.24) is 0 Å². The average molecular weight is 270 g/mol. The summed E-state index contributed by atoms with van der Waals surface area (Å²) in [5.41, 5.74) is 14.6. The van der Waals surface area contributed by atoms with Gasteiger partial charge in [-0.25, -0.2) is 0 Å². The number of anilines is 4. The summed E-state index contributed by atoms with van der Waals surface area (Å²) >= 11 is 0. The van der Waals surface area contributed by atoms with Crippen LogP contribution < -0.4 is 21.7 Å². The van der Waals surface area contributed by atoms with Gasteiger partial charge in [-0.15, -0.1) is 0 Å². The molecule has 5 heteroatoms. The first-order valence-electron chi connectivity index (χ1n) is 6.21. The number of carbonyl (C=O) groups excluding carboxylic acids is 1. The first-order chi connectivity index (χ1) is 9.49. The standard InChI is InChI=1S/C15H18N4O/c1-19(2)11-6-3-5-10(9-11)18-14-12(15(17)20)7-4-8-13(14)16/h3-9,18H,16H2,1-2H3,(H2,17,20). The summed E-state index contributed by atoms with van der Waals surface area (Å²) < 4.78 is 0. The first kappa shape index (κ1) is 13.7. The van der Waals surface area contributed by atoms with Gasteiger partial charge in [-0.3, -0.25) is 4.79 Å². The SMILES string of the molecule is CN(C)c1cccc(Nc2c(N)cccc2C(N)=O)c1. The Bertz CT molecular complexity index is 638. The minimum atomic E-state index is -0.511. The van der Waals surface area contributed by atoms with Crippen LogP contribution in [0.1, 0.15) is 10.4 Å². The molecule has 5 N–H and O–H groups in total. The molecule has 0 unspecified atom stereocenters. The van der Waals surface area contributed by atoms with Crippen LogP contribution in [-0.2, 0) is 0 Å². The van der Waals surface area contributed by atoms with Crippen molar-refractivity contribution in [1.29, 1.82) is 0 Å². The summed E-state index contributed by atoms with van der Waals surface area (Å²) in [6.45, 7) is 0. The Morgan fingerprint density at radius 2 is 1.85 bits per heavy atom. The third-order valence-electron chi connectivity index (χ3n) is 2.99. The van der Waals surface area contributed by atoms with Crippen molar-refractivity contribution in [2.75, 3.05) is 30.0 Å². The van der Waals surface area contributed by atoms with Crippen LogP contribution in [0.2, 0.25) is 0 Å². The molecule has 2 aromatic rings. The minimum Gasteiger partial charge on any atom is -0.397 e. The fourth-order valence-electron chi connectivity index (χ4n) is 1.92. The van der Waals surface area contributed by atoms with Gasteiger partial charge in [-0.05, 0) is 30.3 Å². The molecule has 0 spiro atoms. The van der Waals surface area contributed by atoms with Crippen molar-refractivity contribution in [3.05, 3.63) is 48.0 Å². The number of carbonyl (C=O) groups is 1. The fraction of sp³-hybridized carbons (Fsp3) is 0.133. The highest BCUT2D eigenvalue weighted by molar-refractivity contribution is 6.02. The third kappa shape index (κ3) is 2.83. The Kier molecular flexibility index (Phi) is 3.79. The second-order valence-corrected chi connectivity index (χ2v) is 4.70. The Labute approximate surface area is 118 Å². The number of benzene rings is 2. The van der Waals surface area contributed by atoms with Gasteiger partial charge in [0.25, 0.3) is 5.91 Å². The van der Waals surface area contributed by atoms with Gasteiger partial charge in [-0.2, -0.15) is 0 Å². The number of nitrogens with one attached hydrogen (secondary N) is 1. The molecule has 0 saturated carbocycles. The van der Waals surface area contributed by atoms with Gasteiger partial charge in [0.15, 0.2) is 0 Å². The number of nitrogen functional groups attached to an aromatic ring is 1. The molecule has 20 heavy (non-hydrogen) atoms. The van der Waals surface area contributed by atoms with E-state index in [1.54, 1.807) is 18.2 Å². The van der Waals surface area contributed by atoms with Gasteiger partial charge in [0, 0.05) is 25.5 Å². The van der Waals surface area contributed by atoms with E-state index in [4.69, 9.17) is 11.5 Å². The number of hydrogen-bond donors (Lipinski definition) is 3. The van der Waals surface area contributed by atoms with E-state index in [1.807, 2.05) is 43.3 Å². The maximum Gasteiger partial charge on any atom is 0.250 e. The average Bonchev–Trinajstić information content (AvgIpc) is 2.41. The number of nitrogens with zero attached hydrogens (tertiary/aromatic N) is 1. The largest absolute Gasteiger partial charge is 0.397 e. The lowest BCUT2D eigenvalue weighted by Gasteiger charge is -2.16. The Balaban J connectivity index is 2.40. The molecule has 0 aliphatic rings. The molecule has 0 aliphatic heterocycles. The number of hydrogen-bond acceptors (Lipinski definition) is 4. The van der Waals surface area contributed by atoms with E-state index in [0.29, 0.717) is 16.9 Å². The van der Waals surface area contributed by atoms with E-state index in [0.717, 1.165) is 11.4 Å². The molecule has 2 aromatic carbocycles. The molecule has 2 rings (SSSR count). The Morgan fingerprint density at radius 1 is 1.15 bits per heavy atom. The molecular weight excluding hydrogens is 252 g/mol. The molecule has 0 atom stereocenters. The molecule has 5 nitrogen and oxygen atoms in total. The summed E-state index contributed by atoms with van der Waals surface area (Å²) in [6.07, 6.45) is 0. The van der Waals surface area contributed by atoms with Crippen molar-refractivity contribution in [2.24, 2.45) is 5.73 Å². The molecule has 1 amide bonds. The highest BCUT2D eigenvalue weighted by Crippen LogP contribution is 2.28. The van der Waals surface area contributed by atoms with Crippen molar-refractivity contribution < 1.29 is 4.79 Å². The van der Waals surface area contributed by atoms with E-state index < -0.39 is 5.91 Å². The summed E-state index contributed by atoms with van der Waals surface area (Å²) in [7, 11) is 3.93. The van der Waals surface area contributed by atoms with Crippen LogP contribution in [0.3, 0.4) is 0 Å². The number of primary amides is 1. The van der Waals surface area contributed by atoms with Crippen LogP contribution in [-0.4, -0.2) is 20.0 Å². The van der Waals surface area contributed by atoms with E-state index in [9.17, 15) is 4.79 Å². The zero-order chi connectivity index (χ0) is 14.7. The summed E-state index contributed by atoms with van der Waals surface area (Å²) in [5.74, 6) is -0.511. The smallest absolute Gasteiger partial charge is 0.250 e. The number of nitrogens with two attached hydrogens (primary N) is 2. The van der Waals surface area contributed by atoms with Gasteiger partial charge < -0.3 is 21.7 Å². The molecule has 104 valence electrons. The zero-order valence-electron chi connectivity index (χ0n) is 11.6. The van der Waals surface area contributed by atoms with Crippen LogP contribution in [0, 0.1) is 0 Å². The van der Waals surface area contributed by atoms with Crippen molar-refractivity contribution >= 4 is 28.7 Å². The van der Waals surface area contributed by atoms with E-state index >= 15 is 0 Å². The van der Waals surface area contributed by atoms with Crippen LogP contribution >= 0.6 is 0 Å². The van der Waals surface area contributed by atoms with Crippen LogP contribution in [0.25, 0.3) is 0 Å². The number of amides is 1. The van der Waals surface area contributed by atoms with Gasteiger partial charge >= 0.3 is 0 Å². The van der Waals surface area contributed by atoms with Crippen LogP contribution in [0.15, 0.2) is 42.5 Å². The maximum atomic E-state index is 11.5. The van der Waals surface area contributed by atoms with E-state index in [-0.39, 0.29) is 0 Å². The number of rotatable bonds is 4. The Morgan fingerprint density at radius 3 is 2.50 bits per heavy atom. The second-order valence-electron chi connectivity index (χ2n) is 4.70. The monoisotopic (exact) mass is 270 g/mol. The predicted molar refractivity (Wildman–Crippen MR) is 83.4 cm³/mol. The van der Waals surface area contributed by atoms with Crippen LogP contribution in [0.4, 0.5) is 22.7 Å². The minimum absolute atomic E-state index is 0.375. The van der Waals surface area contributed by atoms with Gasteiger partial charge in [0.2, 0.25) is 0 Å². The topological polar surface area (TPSA) is 84.4 Å². The molecule has 0 aromatic heterocycles. The van der Waals surface area contributed by atoms with Crippen molar-refractivity contribution in [3.8, 4) is 0 Å². The molecule has 0 bridgehead atoms. The molecular formula is C15H18N4O. The van der Waals surface area contributed by atoms with Gasteiger partial charge in [0.1, 0.15) is 0 Å². The van der Waals surface area contributed by atoms with Crippen molar-refractivity contribution in [2.45, 2.75) is 0 Å². The lowest BCUT2D eigenvalue weighted by atomic mass is 10.1. The molecule has 0 heterocycles. The summed E-state index contributed by atoms with van der Waals surface area (Å²) in [5, 5.41) is 3.16. The van der Waals surface area contributed by atoms with Gasteiger partial charge in [-0.1, -0.05) is 12.1 Å². The first-order valence-corrected chi connectivity index (χ1v) is 6.21. The highest BCUT2D eigenvalue weighted by atomic mass is 16.1. The quantitative estimate of drug-likeness (QED) is 0.743. The summed E-state index contributed by atoms with van der Waals surface area (Å²) in [6, 6.07) is 12.9. The predicted octanol–water partition coefficient (Wildman–Crippen LogP) is 2.18. The lowest BCUT2D eigenvalue weighted by Crippen LogP contribution is -2.14. The lowest BCUT2D eigenvalue weighted by molar-refractivity contribution is 0.100. The molecule has 0 saturated heterocycles. The fourth-order valence-corrected chi connectivity index (χ4v) is 1.92. The third-order valence-corrected chi connectivity index (χ3v) is 2.99. The zero-order valence-corrected chi connectivity index (χ0v) is 11.6. The summed E-state index contributed by atoms with van der Waals surface area (Å²) in [4.78, 5) is 13.5. The maximum absolute atomic E-state index is 11.5. The number of para-hydroxylation sites is 1. The normalized spacial score (nSPS) is 10.1. The highest BCUT2D eigenvalue weighted by Gasteiger charge is 2.11. The Hall–Kier alpha value is -2.69. The van der Waals surface area contributed by atoms with Crippen molar-refractivity contribution in [3.63, 3.8) is 0 Å². The molecule has 0 radical (unpaired) electrons. The van der Waals surface area contributed by atoms with E-state index in [1.165, 1.54) is 0 Å².